The first-order valence-corrected chi connectivity index (χ1v) is 7.00. The third-order valence-electron chi connectivity index (χ3n) is 3.24. The molecular weight excluding hydrogens is 272 g/mol. The molecule has 0 atom stereocenters. The Labute approximate surface area is 124 Å². The average Bonchev–Trinajstić information content (AvgIpc) is 2.96. The van der Waals surface area contributed by atoms with Gasteiger partial charge in [0.15, 0.2) is 5.11 Å². The lowest BCUT2D eigenvalue weighted by Crippen LogP contribution is -2.30. The Morgan fingerprint density at radius 2 is 2.15 bits per heavy atom. The maximum Gasteiger partial charge on any atom is 0.170 e. The number of aryl methyl sites for hydroxylation is 3. The molecule has 108 valence electrons. The predicted octanol–water partition coefficient (Wildman–Crippen LogP) is 1.61. The van der Waals surface area contributed by atoms with Gasteiger partial charge in [0, 0.05) is 32.0 Å². The summed E-state index contributed by atoms with van der Waals surface area (Å²) in [6.07, 6.45) is 4.56. The summed E-state index contributed by atoms with van der Waals surface area (Å²) >= 11 is 5.26. The van der Waals surface area contributed by atoms with Gasteiger partial charge < -0.3 is 10.6 Å². The summed E-state index contributed by atoms with van der Waals surface area (Å²) in [5.41, 5.74) is 3.17. The molecule has 0 aromatic carbocycles. The molecule has 0 spiro atoms. The number of hydrogen-bond donors (Lipinski definition) is 2. The van der Waals surface area contributed by atoms with Crippen molar-refractivity contribution in [3.8, 4) is 0 Å². The molecule has 0 saturated carbocycles. The number of nitrogens with one attached hydrogen (secondary N) is 2. The number of rotatable bonds is 5. The molecule has 7 heteroatoms. The third-order valence-corrected chi connectivity index (χ3v) is 3.49. The topological polar surface area (TPSA) is 59.7 Å². The van der Waals surface area contributed by atoms with Crippen molar-refractivity contribution < 1.29 is 0 Å². The van der Waals surface area contributed by atoms with E-state index in [9.17, 15) is 0 Å². The summed E-state index contributed by atoms with van der Waals surface area (Å²) < 4.78 is 3.80. The highest BCUT2D eigenvalue weighted by molar-refractivity contribution is 7.80. The second kappa shape index (κ2) is 6.51. The van der Waals surface area contributed by atoms with E-state index in [2.05, 4.69) is 27.8 Å². The zero-order valence-corrected chi connectivity index (χ0v) is 12.9. The fourth-order valence-electron chi connectivity index (χ4n) is 1.85. The molecule has 0 fully saturated rings. The van der Waals surface area contributed by atoms with Gasteiger partial charge in [0.25, 0.3) is 0 Å². The average molecular weight is 292 g/mol. The molecule has 2 heterocycles. The molecule has 2 N–H and O–H groups in total. The van der Waals surface area contributed by atoms with E-state index in [-0.39, 0.29) is 0 Å². The van der Waals surface area contributed by atoms with Crippen molar-refractivity contribution in [2.24, 2.45) is 7.05 Å². The maximum atomic E-state index is 5.26. The monoisotopic (exact) mass is 292 g/mol. The van der Waals surface area contributed by atoms with Crippen LogP contribution in [0.15, 0.2) is 18.5 Å². The third kappa shape index (κ3) is 3.57. The van der Waals surface area contributed by atoms with Crippen LogP contribution in [-0.2, 0) is 13.6 Å². The standard InChI is InChI=1S/C13H20N6S/c1-10-5-7-15-19(10)8-4-6-14-13(20)17-12-9-16-18(3)11(12)2/h5,7,9H,4,6,8H2,1-3H3,(H2,14,17,20). The Morgan fingerprint density at radius 3 is 2.75 bits per heavy atom. The van der Waals surface area contributed by atoms with Gasteiger partial charge in [-0.2, -0.15) is 10.2 Å². The van der Waals surface area contributed by atoms with Gasteiger partial charge in [0.2, 0.25) is 0 Å². The molecule has 6 nitrogen and oxygen atoms in total. The van der Waals surface area contributed by atoms with Crippen LogP contribution < -0.4 is 10.6 Å². The lowest BCUT2D eigenvalue weighted by atomic mass is 10.4. The van der Waals surface area contributed by atoms with Gasteiger partial charge in [0.1, 0.15) is 0 Å². The fraction of sp³-hybridized carbons (Fsp3) is 0.462. The van der Waals surface area contributed by atoms with Crippen molar-refractivity contribution in [2.45, 2.75) is 26.8 Å². The van der Waals surface area contributed by atoms with Crippen LogP contribution >= 0.6 is 12.2 Å². The summed E-state index contributed by atoms with van der Waals surface area (Å²) in [5.74, 6) is 0. The van der Waals surface area contributed by atoms with Crippen molar-refractivity contribution in [3.63, 3.8) is 0 Å². The van der Waals surface area contributed by atoms with E-state index in [1.165, 1.54) is 5.69 Å². The number of anilines is 1. The first-order chi connectivity index (χ1) is 9.58. The van der Waals surface area contributed by atoms with Gasteiger partial charge >= 0.3 is 0 Å². The highest BCUT2D eigenvalue weighted by Gasteiger charge is 2.05. The Hall–Kier alpha value is -1.89. The SMILES string of the molecule is Cc1c(NC(=S)NCCCn2nccc2C)cnn1C. The van der Waals surface area contributed by atoms with E-state index >= 15 is 0 Å². The predicted molar refractivity (Wildman–Crippen MR) is 83.7 cm³/mol. The highest BCUT2D eigenvalue weighted by atomic mass is 32.1. The van der Waals surface area contributed by atoms with Gasteiger partial charge in [-0.1, -0.05) is 0 Å². The molecule has 2 rings (SSSR count). The molecule has 0 aliphatic heterocycles. The number of hydrogen-bond acceptors (Lipinski definition) is 3. The van der Waals surface area contributed by atoms with E-state index in [1.54, 1.807) is 6.20 Å². The molecule has 2 aromatic heterocycles. The van der Waals surface area contributed by atoms with Crippen LogP contribution in [0.1, 0.15) is 17.8 Å². The summed E-state index contributed by atoms with van der Waals surface area (Å²) in [6.45, 7) is 5.75. The largest absolute Gasteiger partial charge is 0.362 e. The summed E-state index contributed by atoms with van der Waals surface area (Å²) in [7, 11) is 1.91. The van der Waals surface area contributed by atoms with Gasteiger partial charge in [-0.05, 0) is 38.6 Å². The van der Waals surface area contributed by atoms with Gasteiger partial charge in [-0.3, -0.25) is 9.36 Å². The van der Waals surface area contributed by atoms with Crippen LogP contribution in [0.4, 0.5) is 5.69 Å². The van der Waals surface area contributed by atoms with E-state index in [1.807, 2.05) is 35.6 Å². The van der Waals surface area contributed by atoms with Crippen LogP contribution in [0.5, 0.6) is 0 Å². The zero-order chi connectivity index (χ0) is 14.5. The summed E-state index contributed by atoms with van der Waals surface area (Å²) in [6, 6.07) is 2.00. The maximum absolute atomic E-state index is 5.26. The van der Waals surface area contributed by atoms with E-state index in [0.717, 1.165) is 30.9 Å². The molecule has 0 amide bonds. The van der Waals surface area contributed by atoms with Crippen molar-refractivity contribution >= 4 is 23.0 Å². The summed E-state index contributed by atoms with van der Waals surface area (Å²) in [5, 5.41) is 15.4. The zero-order valence-electron chi connectivity index (χ0n) is 12.1. The lowest BCUT2D eigenvalue weighted by Gasteiger charge is -2.10. The molecule has 20 heavy (non-hydrogen) atoms. The second-order valence-corrected chi connectivity index (χ2v) is 5.11. The number of nitrogens with zero attached hydrogens (tertiary/aromatic N) is 4. The van der Waals surface area contributed by atoms with Crippen LogP contribution in [0, 0.1) is 13.8 Å². The van der Waals surface area contributed by atoms with E-state index in [4.69, 9.17) is 12.2 Å². The second-order valence-electron chi connectivity index (χ2n) is 4.70. The minimum absolute atomic E-state index is 0.623. The number of thiocarbonyl (C=S) groups is 1. The van der Waals surface area contributed by atoms with Gasteiger partial charge in [-0.25, -0.2) is 0 Å². The molecule has 0 bridgehead atoms. The smallest absolute Gasteiger partial charge is 0.170 e. The molecule has 0 radical (unpaired) electrons. The minimum Gasteiger partial charge on any atom is -0.362 e. The highest BCUT2D eigenvalue weighted by Crippen LogP contribution is 2.11. The normalized spacial score (nSPS) is 10.6. The van der Waals surface area contributed by atoms with Crippen LogP contribution in [0.2, 0.25) is 0 Å². The summed E-state index contributed by atoms with van der Waals surface area (Å²) in [4.78, 5) is 0. The number of aromatic nitrogens is 4. The Morgan fingerprint density at radius 1 is 1.35 bits per heavy atom. The van der Waals surface area contributed by atoms with Crippen molar-refractivity contribution in [2.75, 3.05) is 11.9 Å². The Balaban J connectivity index is 1.70. The molecule has 0 saturated heterocycles. The first-order valence-electron chi connectivity index (χ1n) is 6.60. The molecule has 0 aliphatic rings. The Bertz CT molecular complexity index is 585. The Kier molecular flexibility index (Phi) is 4.73. The van der Waals surface area contributed by atoms with Crippen molar-refractivity contribution in [1.29, 1.82) is 0 Å². The van der Waals surface area contributed by atoms with Crippen LogP contribution in [-0.4, -0.2) is 31.2 Å². The van der Waals surface area contributed by atoms with Gasteiger partial charge in [0.05, 0.1) is 17.6 Å². The molecule has 0 unspecified atom stereocenters. The first kappa shape index (κ1) is 14.5. The lowest BCUT2D eigenvalue weighted by molar-refractivity contribution is 0.561. The van der Waals surface area contributed by atoms with E-state index < -0.39 is 0 Å². The fourth-order valence-corrected chi connectivity index (χ4v) is 2.06. The minimum atomic E-state index is 0.623. The molecule has 0 aliphatic carbocycles. The molecular formula is C13H20N6S. The van der Waals surface area contributed by atoms with Crippen molar-refractivity contribution in [1.82, 2.24) is 24.9 Å². The van der Waals surface area contributed by atoms with Crippen molar-refractivity contribution in [3.05, 3.63) is 29.8 Å². The quantitative estimate of drug-likeness (QED) is 0.648. The van der Waals surface area contributed by atoms with E-state index in [0.29, 0.717) is 5.11 Å². The van der Waals surface area contributed by atoms with Crippen LogP contribution in [0.25, 0.3) is 0 Å². The molecule has 2 aromatic rings. The van der Waals surface area contributed by atoms with Crippen LogP contribution in [0.3, 0.4) is 0 Å². The van der Waals surface area contributed by atoms with Gasteiger partial charge in [-0.15, -0.1) is 0 Å².